The van der Waals surface area contributed by atoms with Crippen LogP contribution in [0, 0.1) is 5.92 Å². The Kier molecular flexibility index (Phi) is 5.55. The molecule has 0 spiro atoms. The van der Waals surface area contributed by atoms with Gasteiger partial charge in [0.2, 0.25) is 0 Å². The average molecular weight is 495 g/mol. The number of rotatable bonds is 4. The molecule has 0 amide bonds. The predicted molar refractivity (Wildman–Crippen MR) is 135 cm³/mol. The number of carbonyl (C=O) groups is 1. The molecule has 0 saturated heterocycles. The third kappa shape index (κ3) is 4.24. The third-order valence-corrected chi connectivity index (χ3v) is 9.42. The summed E-state index contributed by atoms with van der Waals surface area (Å²) in [5, 5.41) is 11.7. The molecule has 2 N–H and O–H groups in total. The molecule has 3 atom stereocenters. The van der Waals surface area contributed by atoms with Crippen LogP contribution in [0.5, 0.6) is 0 Å². The first-order valence-electron chi connectivity index (χ1n) is 11.9. The first kappa shape index (κ1) is 23.6. The van der Waals surface area contributed by atoms with Crippen molar-refractivity contribution in [2.45, 2.75) is 62.3 Å². The molecule has 2 saturated carbocycles. The molecule has 3 aliphatic rings. The van der Waals surface area contributed by atoms with E-state index in [4.69, 9.17) is 4.74 Å². The Morgan fingerprint density at radius 2 is 1.91 bits per heavy atom. The van der Waals surface area contributed by atoms with Gasteiger partial charge in [0.1, 0.15) is 10.9 Å². The fourth-order valence-electron chi connectivity index (χ4n) is 6.12. The van der Waals surface area contributed by atoms with Crippen molar-refractivity contribution in [3.05, 3.63) is 71.8 Å². The minimum absolute atomic E-state index is 0.0787. The van der Waals surface area contributed by atoms with Crippen LogP contribution in [0.15, 0.2) is 65.1 Å². The number of sulfonamides is 1. The lowest BCUT2D eigenvalue weighted by Gasteiger charge is -2.40. The number of hydrogen-bond donors (Lipinski definition) is 2. The highest BCUT2D eigenvalue weighted by molar-refractivity contribution is 7.90. The lowest BCUT2D eigenvalue weighted by atomic mass is 9.90. The van der Waals surface area contributed by atoms with Gasteiger partial charge in [0.25, 0.3) is 10.0 Å². The maximum atomic E-state index is 13.4. The predicted octanol–water partition coefficient (Wildman–Crippen LogP) is 5.07. The van der Waals surface area contributed by atoms with Crippen molar-refractivity contribution in [1.29, 1.82) is 0 Å². The summed E-state index contributed by atoms with van der Waals surface area (Å²) in [6, 6.07) is 13.8. The Morgan fingerprint density at radius 1 is 1.17 bits per heavy atom. The molecule has 0 bridgehead atoms. The van der Waals surface area contributed by atoms with Gasteiger partial charge in [-0.05, 0) is 74.3 Å². The van der Waals surface area contributed by atoms with Gasteiger partial charge in [-0.25, -0.2) is 13.2 Å². The summed E-state index contributed by atoms with van der Waals surface area (Å²) >= 11 is 0. The van der Waals surface area contributed by atoms with Crippen LogP contribution < -0.4 is 5.32 Å². The van der Waals surface area contributed by atoms with Gasteiger partial charge < -0.3 is 15.2 Å². The van der Waals surface area contributed by atoms with Gasteiger partial charge in [0, 0.05) is 5.54 Å². The van der Waals surface area contributed by atoms with E-state index in [-0.39, 0.29) is 17.1 Å². The van der Waals surface area contributed by atoms with Gasteiger partial charge in [0.15, 0.2) is 0 Å². The van der Waals surface area contributed by atoms with Crippen molar-refractivity contribution in [3.63, 3.8) is 0 Å². The van der Waals surface area contributed by atoms with Crippen LogP contribution in [0.2, 0.25) is 0 Å². The van der Waals surface area contributed by atoms with E-state index >= 15 is 0 Å². The van der Waals surface area contributed by atoms with E-state index in [0.717, 1.165) is 43.2 Å². The summed E-state index contributed by atoms with van der Waals surface area (Å²) < 4.78 is 37.1. The molecule has 2 fully saturated rings. The number of aromatic carboxylic acids is 1. The standard InChI is InChI=1S/C27H30N2O5S/c1-17-14-22-8-5-13-27(22,16-17)28-25-29-35(32,33)23(26(2,3)34-25)19-11-9-18(10-12-19)20-6-4-7-21(15-20)24(30)31/h4,6-7,9-12,15,22-23H,1,5,8,13-14,16H2,2-3H3,(H,28,29)(H,30,31)/t22?,23-,27?/m0/s1. The van der Waals surface area contributed by atoms with Gasteiger partial charge >= 0.3 is 12.0 Å². The van der Waals surface area contributed by atoms with Gasteiger partial charge in [-0.15, -0.1) is 4.40 Å². The van der Waals surface area contributed by atoms with E-state index in [9.17, 15) is 18.3 Å². The maximum absolute atomic E-state index is 13.4. The number of nitrogens with zero attached hydrogens (tertiary/aromatic N) is 1. The highest BCUT2D eigenvalue weighted by Gasteiger charge is 2.52. The highest BCUT2D eigenvalue weighted by Crippen LogP contribution is 2.50. The number of carboxylic acids is 1. The second kappa shape index (κ2) is 8.22. The lowest BCUT2D eigenvalue weighted by Crippen LogP contribution is -2.54. The normalized spacial score (nSPS) is 28.6. The summed E-state index contributed by atoms with van der Waals surface area (Å²) in [6.45, 7) is 7.70. The summed E-state index contributed by atoms with van der Waals surface area (Å²) in [7, 11) is -3.92. The van der Waals surface area contributed by atoms with Crippen LogP contribution in [-0.4, -0.2) is 36.7 Å². The van der Waals surface area contributed by atoms with Crippen LogP contribution in [0.25, 0.3) is 11.1 Å². The molecule has 0 radical (unpaired) electrons. The zero-order valence-corrected chi connectivity index (χ0v) is 20.8. The second-order valence-corrected chi connectivity index (χ2v) is 12.2. The molecule has 2 aromatic carbocycles. The monoisotopic (exact) mass is 494 g/mol. The van der Waals surface area contributed by atoms with Crippen molar-refractivity contribution >= 4 is 22.0 Å². The summed E-state index contributed by atoms with van der Waals surface area (Å²) in [5.41, 5.74) is 2.22. The number of nitrogens with one attached hydrogen (secondary N) is 1. The van der Waals surface area contributed by atoms with Crippen LogP contribution in [0.1, 0.15) is 67.1 Å². The Hall–Kier alpha value is -3.13. The minimum atomic E-state index is -3.92. The van der Waals surface area contributed by atoms with E-state index in [0.29, 0.717) is 11.5 Å². The summed E-state index contributed by atoms with van der Waals surface area (Å²) in [5.74, 6) is -0.569. The Balaban J connectivity index is 1.43. The van der Waals surface area contributed by atoms with Crippen molar-refractivity contribution in [2.75, 3.05) is 0 Å². The number of hydrogen-bond acceptors (Lipinski definition) is 5. The molecular weight excluding hydrogens is 464 g/mol. The van der Waals surface area contributed by atoms with E-state index in [1.165, 1.54) is 11.6 Å². The molecule has 2 aromatic rings. The van der Waals surface area contributed by atoms with Gasteiger partial charge in [-0.1, -0.05) is 55.0 Å². The molecule has 35 heavy (non-hydrogen) atoms. The Bertz CT molecular complexity index is 1330. The van der Waals surface area contributed by atoms with E-state index in [1.54, 1.807) is 50.2 Å². The second-order valence-electron chi connectivity index (χ2n) is 10.5. The van der Waals surface area contributed by atoms with Gasteiger partial charge in [-0.2, -0.15) is 0 Å². The summed E-state index contributed by atoms with van der Waals surface area (Å²) in [6.07, 6.45) is 4.92. The van der Waals surface area contributed by atoms with Gasteiger partial charge in [0.05, 0.1) is 5.56 Å². The molecule has 1 heterocycles. The smallest absolute Gasteiger partial charge is 0.335 e. The zero-order valence-electron chi connectivity index (χ0n) is 20.0. The first-order valence-corrected chi connectivity index (χ1v) is 13.4. The van der Waals surface area contributed by atoms with Crippen molar-refractivity contribution < 1.29 is 23.1 Å². The molecule has 2 aliphatic carbocycles. The van der Waals surface area contributed by atoms with Crippen LogP contribution in [0.3, 0.4) is 0 Å². The average Bonchev–Trinajstić information content (AvgIpc) is 3.27. The van der Waals surface area contributed by atoms with Crippen molar-refractivity contribution in [2.24, 2.45) is 10.3 Å². The molecule has 0 aromatic heterocycles. The fraction of sp³-hybridized carbons (Fsp3) is 0.407. The van der Waals surface area contributed by atoms with Crippen LogP contribution in [-0.2, 0) is 14.8 Å². The lowest BCUT2D eigenvalue weighted by molar-refractivity contribution is 0.0693. The van der Waals surface area contributed by atoms with E-state index in [2.05, 4.69) is 16.3 Å². The van der Waals surface area contributed by atoms with E-state index < -0.39 is 26.8 Å². The largest absolute Gasteiger partial charge is 0.478 e. The fourth-order valence-corrected chi connectivity index (χ4v) is 7.80. The third-order valence-electron chi connectivity index (χ3n) is 7.57. The van der Waals surface area contributed by atoms with Crippen LogP contribution in [0.4, 0.5) is 0 Å². The van der Waals surface area contributed by atoms with Gasteiger partial charge in [-0.3, -0.25) is 0 Å². The summed E-state index contributed by atoms with van der Waals surface area (Å²) in [4.78, 5) is 11.3. The maximum Gasteiger partial charge on any atom is 0.335 e. The minimum Gasteiger partial charge on any atom is -0.478 e. The first-order chi connectivity index (χ1) is 16.5. The van der Waals surface area contributed by atoms with E-state index in [1.807, 2.05) is 6.07 Å². The molecule has 5 rings (SSSR count). The Labute approximate surface area is 206 Å². The number of fused-ring (bicyclic) bond motifs is 1. The topological polar surface area (TPSA) is 105 Å². The SMILES string of the molecule is C=C1CC2CCCC2(NC2=NS(=O)(=O)[C@@H](c3ccc(-c4cccc(C(=O)O)c4)cc3)C(C)(C)O2)C1. The molecular formula is C27H30N2O5S. The quantitative estimate of drug-likeness (QED) is 0.575. The molecule has 2 unspecified atom stereocenters. The molecule has 7 nitrogen and oxygen atoms in total. The number of amidine groups is 1. The Morgan fingerprint density at radius 3 is 2.60 bits per heavy atom. The van der Waals surface area contributed by atoms with Crippen molar-refractivity contribution in [3.8, 4) is 11.1 Å². The number of benzene rings is 2. The van der Waals surface area contributed by atoms with Crippen molar-refractivity contribution in [1.82, 2.24) is 5.32 Å². The number of carboxylic acid groups (broad SMARTS) is 1. The molecule has 8 heteroatoms. The molecule has 1 aliphatic heterocycles. The highest BCUT2D eigenvalue weighted by atomic mass is 32.2. The van der Waals surface area contributed by atoms with Crippen LogP contribution >= 0.6 is 0 Å². The number of ether oxygens (including phenoxy) is 1. The molecule has 184 valence electrons. The zero-order chi connectivity index (χ0) is 25.0.